The average molecular weight is 192 g/mol. The summed E-state index contributed by atoms with van der Waals surface area (Å²) in [6, 6.07) is 7.61. The van der Waals surface area contributed by atoms with Crippen LogP contribution in [-0.4, -0.2) is 18.2 Å². The molecule has 1 aliphatic rings. The highest BCUT2D eigenvalue weighted by atomic mass is 16.5. The van der Waals surface area contributed by atoms with Gasteiger partial charge in [0.15, 0.2) is 0 Å². The highest BCUT2D eigenvalue weighted by Gasteiger charge is 2.45. The van der Waals surface area contributed by atoms with Crippen molar-refractivity contribution in [1.29, 1.82) is 0 Å². The van der Waals surface area contributed by atoms with Crippen LogP contribution in [0.5, 0.6) is 5.75 Å². The van der Waals surface area contributed by atoms with Gasteiger partial charge in [0, 0.05) is 5.92 Å². The number of carboxylic acid groups (broad SMARTS) is 1. The first kappa shape index (κ1) is 9.06. The summed E-state index contributed by atoms with van der Waals surface area (Å²) in [5.41, 5.74) is 1.02. The molecule has 14 heavy (non-hydrogen) atoms. The fourth-order valence-corrected chi connectivity index (χ4v) is 1.78. The second-order valence-corrected chi connectivity index (χ2v) is 3.53. The highest BCUT2D eigenvalue weighted by molar-refractivity contribution is 5.75. The van der Waals surface area contributed by atoms with E-state index in [2.05, 4.69) is 0 Å². The van der Waals surface area contributed by atoms with E-state index in [4.69, 9.17) is 9.84 Å². The van der Waals surface area contributed by atoms with E-state index in [1.165, 1.54) is 0 Å². The zero-order valence-corrected chi connectivity index (χ0v) is 7.93. The van der Waals surface area contributed by atoms with E-state index < -0.39 is 5.97 Å². The molecule has 74 valence electrons. The van der Waals surface area contributed by atoms with Crippen LogP contribution in [0.4, 0.5) is 0 Å². The van der Waals surface area contributed by atoms with Crippen LogP contribution < -0.4 is 4.74 Å². The lowest BCUT2D eigenvalue weighted by Gasteiger charge is -2.06. The summed E-state index contributed by atoms with van der Waals surface area (Å²) in [5.74, 6) is 0.0112. The van der Waals surface area contributed by atoms with Gasteiger partial charge in [-0.05, 0) is 18.1 Å². The van der Waals surface area contributed by atoms with Gasteiger partial charge < -0.3 is 9.84 Å². The molecule has 0 aromatic heterocycles. The molecule has 3 heteroatoms. The lowest BCUT2D eigenvalue weighted by atomic mass is 10.1. The molecule has 1 saturated carbocycles. The van der Waals surface area contributed by atoms with Gasteiger partial charge in [0.1, 0.15) is 5.75 Å². The Morgan fingerprint density at radius 2 is 2.21 bits per heavy atom. The molecule has 3 nitrogen and oxygen atoms in total. The van der Waals surface area contributed by atoms with Gasteiger partial charge >= 0.3 is 5.97 Å². The monoisotopic (exact) mass is 192 g/mol. The topological polar surface area (TPSA) is 46.5 Å². The second kappa shape index (κ2) is 3.33. The van der Waals surface area contributed by atoms with Crippen LogP contribution in [0, 0.1) is 5.92 Å². The zero-order valence-electron chi connectivity index (χ0n) is 7.93. The quantitative estimate of drug-likeness (QED) is 0.795. The van der Waals surface area contributed by atoms with E-state index >= 15 is 0 Å². The number of rotatable bonds is 3. The van der Waals surface area contributed by atoms with E-state index in [9.17, 15) is 4.79 Å². The Morgan fingerprint density at radius 3 is 2.79 bits per heavy atom. The van der Waals surface area contributed by atoms with Crippen molar-refractivity contribution in [2.45, 2.75) is 12.3 Å². The molecule has 0 radical (unpaired) electrons. The van der Waals surface area contributed by atoms with Crippen LogP contribution >= 0.6 is 0 Å². The molecule has 1 unspecified atom stereocenters. The van der Waals surface area contributed by atoms with Gasteiger partial charge in [-0.15, -0.1) is 0 Å². The zero-order chi connectivity index (χ0) is 10.1. The Labute approximate surface area is 82.3 Å². The fourth-order valence-electron chi connectivity index (χ4n) is 1.78. The number of benzene rings is 1. The third-order valence-corrected chi connectivity index (χ3v) is 2.65. The van der Waals surface area contributed by atoms with Crippen LogP contribution in [0.25, 0.3) is 0 Å². The molecule has 0 spiro atoms. The van der Waals surface area contributed by atoms with Crippen molar-refractivity contribution in [3.63, 3.8) is 0 Å². The molecule has 0 bridgehead atoms. The van der Waals surface area contributed by atoms with Gasteiger partial charge in [0.25, 0.3) is 0 Å². The largest absolute Gasteiger partial charge is 0.496 e. The number of carboxylic acids is 1. The molecule has 0 saturated heterocycles. The molecular formula is C11H12O3. The minimum Gasteiger partial charge on any atom is -0.496 e. The van der Waals surface area contributed by atoms with Crippen LogP contribution in [-0.2, 0) is 4.79 Å². The molecule has 2 atom stereocenters. The Balaban J connectivity index is 2.22. The molecule has 1 aromatic rings. The summed E-state index contributed by atoms with van der Waals surface area (Å²) in [4.78, 5) is 10.7. The first-order valence-electron chi connectivity index (χ1n) is 4.59. The first-order chi connectivity index (χ1) is 6.74. The molecule has 1 fully saturated rings. The first-order valence-corrected chi connectivity index (χ1v) is 4.59. The smallest absolute Gasteiger partial charge is 0.307 e. The third-order valence-electron chi connectivity index (χ3n) is 2.65. The Bertz CT molecular complexity index is 359. The van der Waals surface area contributed by atoms with E-state index in [-0.39, 0.29) is 11.8 Å². The van der Waals surface area contributed by atoms with Gasteiger partial charge in [0.05, 0.1) is 13.0 Å². The number of hydrogen-bond donors (Lipinski definition) is 1. The average Bonchev–Trinajstić information content (AvgIpc) is 2.97. The van der Waals surface area contributed by atoms with Crippen LogP contribution in [0.1, 0.15) is 17.9 Å². The Morgan fingerprint density at radius 1 is 1.50 bits per heavy atom. The molecule has 1 N–H and O–H groups in total. The molecule has 1 aliphatic carbocycles. The van der Waals surface area contributed by atoms with Crippen molar-refractivity contribution in [3.8, 4) is 5.75 Å². The van der Waals surface area contributed by atoms with Crippen molar-refractivity contribution in [1.82, 2.24) is 0 Å². The third kappa shape index (κ3) is 1.45. The number of aliphatic carboxylic acids is 1. The second-order valence-electron chi connectivity index (χ2n) is 3.53. The molecule has 0 aliphatic heterocycles. The van der Waals surface area contributed by atoms with Gasteiger partial charge in [-0.3, -0.25) is 4.79 Å². The van der Waals surface area contributed by atoms with Crippen LogP contribution in [0.15, 0.2) is 24.3 Å². The molecule has 0 amide bonds. The van der Waals surface area contributed by atoms with Crippen LogP contribution in [0.2, 0.25) is 0 Å². The molecular weight excluding hydrogens is 180 g/mol. The van der Waals surface area contributed by atoms with Gasteiger partial charge in [-0.1, -0.05) is 18.2 Å². The van der Waals surface area contributed by atoms with Gasteiger partial charge in [-0.2, -0.15) is 0 Å². The summed E-state index contributed by atoms with van der Waals surface area (Å²) >= 11 is 0. The predicted octanol–water partition coefficient (Wildman–Crippen LogP) is 1.88. The normalized spacial score (nSPS) is 24.4. The summed E-state index contributed by atoms with van der Waals surface area (Å²) < 4.78 is 5.18. The fraction of sp³-hybridized carbons (Fsp3) is 0.364. The standard InChI is InChI=1S/C11H12O3/c1-14-10-5-3-2-4-7(10)8-6-9(8)11(12)13/h2-5,8-9H,6H2,1H3,(H,12,13)/t8?,9-/m1/s1. The Hall–Kier alpha value is -1.51. The number of para-hydroxylation sites is 1. The lowest BCUT2D eigenvalue weighted by molar-refractivity contribution is -0.138. The Kier molecular flexibility index (Phi) is 2.15. The van der Waals surface area contributed by atoms with Crippen molar-refractivity contribution in [3.05, 3.63) is 29.8 Å². The van der Waals surface area contributed by atoms with E-state index in [1.807, 2.05) is 24.3 Å². The van der Waals surface area contributed by atoms with E-state index in [0.29, 0.717) is 0 Å². The maximum Gasteiger partial charge on any atom is 0.307 e. The van der Waals surface area contributed by atoms with E-state index in [1.54, 1.807) is 7.11 Å². The SMILES string of the molecule is COc1ccccc1C1C[C@H]1C(=O)O. The van der Waals surface area contributed by atoms with E-state index in [0.717, 1.165) is 17.7 Å². The summed E-state index contributed by atoms with van der Waals surface area (Å²) in [7, 11) is 1.61. The number of hydrogen-bond acceptors (Lipinski definition) is 2. The minimum atomic E-state index is -0.707. The highest BCUT2D eigenvalue weighted by Crippen LogP contribution is 2.50. The maximum atomic E-state index is 10.7. The number of carbonyl (C=O) groups is 1. The van der Waals surface area contributed by atoms with Crippen molar-refractivity contribution in [2.75, 3.05) is 7.11 Å². The maximum absolute atomic E-state index is 10.7. The van der Waals surface area contributed by atoms with Gasteiger partial charge in [0.2, 0.25) is 0 Å². The summed E-state index contributed by atoms with van der Waals surface area (Å²) in [6.07, 6.45) is 0.732. The lowest BCUT2D eigenvalue weighted by Crippen LogP contribution is -1.99. The molecule has 2 rings (SSSR count). The molecule has 0 heterocycles. The minimum absolute atomic E-state index is 0.142. The van der Waals surface area contributed by atoms with Crippen LogP contribution in [0.3, 0.4) is 0 Å². The summed E-state index contributed by atoms with van der Waals surface area (Å²) in [6.45, 7) is 0. The molecule has 1 aromatic carbocycles. The van der Waals surface area contributed by atoms with Crippen molar-refractivity contribution in [2.24, 2.45) is 5.92 Å². The number of methoxy groups -OCH3 is 1. The van der Waals surface area contributed by atoms with Crippen molar-refractivity contribution >= 4 is 5.97 Å². The summed E-state index contributed by atoms with van der Waals surface area (Å²) in [5, 5.41) is 8.81. The van der Waals surface area contributed by atoms with Crippen molar-refractivity contribution < 1.29 is 14.6 Å². The number of ether oxygens (including phenoxy) is 1. The predicted molar refractivity (Wildman–Crippen MR) is 51.5 cm³/mol. The van der Waals surface area contributed by atoms with Gasteiger partial charge in [-0.25, -0.2) is 0 Å².